The number of nitrogens with one attached hydrogen (secondary N) is 1. The van der Waals surface area contributed by atoms with E-state index in [1.807, 2.05) is 64.1 Å². The lowest BCUT2D eigenvalue weighted by Crippen LogP contribution is -2.46. The minimum Gasteiger partial charge on any atom is -0.467 e. The SMILES string of the molecule is Cc1ccc(C2=NN(C(=O)CN(C)CC(=O)NC(C)(C)C)[C@@H](c3ccco3)C2)cc1. The molecule has 7 nitrogen and oxygen atoms in total. The van der Waals surface area contributed by atoms with E-state index in [2.05, 4.69) is 10.4 Å². The van der Waals surface area contributed by atoms with Crippen LogP contribution in [0.5, 0.6) is 0 Å². The summed E-state index contributed by atoms with van der Waals surface area (Å²) < 4.78 is 5.58. The van der Waals surface area contributed by atoms with Gasteiger partial charge in [-0.25, -0.2) is 5.01 Å². The van der Waals surface area contributed by atoms with Crippen molar-refractivity contribution in [2.45, 2.75) is 45.7 Å². The fraction of sp³-hybridized carbons (Fsp3) is 0.435. The molecule has 2 aromatic rings. The van der Waals surface area contributed by atoms with Crippen molar-refractivity contribution >= 4 is 17.5 Å². The molecule has 1 N–H and O–H groups in total. The third kappa shape index (κ3) is 5.57. The second-order valence-electron chi connectivity index (χ2n) is 8.86. The van der Waals surface area contributed by atoms with Gasteiger partial charge < -0.3 is 9.73 Å². The molecule has 0 saturated carbocycles. The second-order valence-corrected chi connectivity index (χ2v) is 8.86. The zero-order valence-electron chi connectivity index (χ0n) is 18.3. The fourth-order valence-corrected chi connectivity index (χ4v) is 3.43. The average molecular weight is 411 g/mol. The maximum absolute atomic E-state index is 13.1. The summed E-state index contributed by atoms with van der Waals surface area (Å²) >= 11 is 0. The number of aryl methyl sites for hydroxylation is 1. The number of likely N-dealkylation sites (N-methyl/N-ethyl adjacent to an activating group) is 1. The molecular formula is C23H30N4O3. The highest BCUT2D eigenvalue weighted by atomic mass is 16.3. The average Bonchev–Trinajstić information content (AvgIpc) is 3.30. The zero-order chi connectivity index (χ0) is 21.9. The number of benzene rings is 1. The van der Waals surface area contributed by atoms with Crippen molar-refractivity contribution in [3.05, 3.63) is 59.5 Å². The Balaban J connectivity index is 1.73. The molecule has 30 heavy (non-hydrogen) atoms. The Morgan fingerprint density at radius 1 is 1.20 bits per heavy atom. The number of amides is 2. The Morgan fingerprint density at radius 2 is 1.90 bits per heavy atom. The molecule has 0 radical (unpaired) electrons. The van der Waals surface area contributed by atoms with Gasteiger partial charge in [-0.15, -0.1) is 0 Å². The highest BCUT2D eigenvalue weighted by molar-refractivity contribution is 6.03. The normalized spacial score (nSPS) is 16.7. The third-order valence-electron chi connectivity index (χ3n) is 4.76. The third-order valence-corrected chi connectivity index (χ3v) is 4.76. The van der Waals surface area contributed by atoms with Crippen molar-refractivity contribution < 1.29 is 14.0 Å². The topological polar surface area (TPSA) is 78.2 Å². The van der Waals surface area contributed by atoms with E-state index in [1.54, 1.807) is 18.2 Å². The molecule has 1 atom stereocenters. The van der Waals surface area contributed by atoms with Gasteiger partial charge in [0.1, 0.15) is 11.8 Å². The number of carbonyl (C=O) groups excluding carboxylic acids is 2. The van der Waals surface area contributed by atoms with E-state index >= 15 is 0 Å². The highest BCUT2D eigenvalue weighted by Crippen LogP contribution is 2.33. The summed E-state index contributed by atoms with van der Waals surface area (Å²) in [5.74, 6) is 0.401. The number of nitrogens with zero attached hydrogens (tertiary/aromatic N) is 3. The molecule has 2 amide bonds. The van der Waals surface area contributed by atoms with Crippen LogP contribution in [0.2, 0.25) is 0 Å². The van der Waals surface area contributed by atoms with E-state index in [0.717, 1.165) is 11.3 Å². The number of rotatable bonds is 6. The molecule has 0 fully saturated rings. The van der Waals surface area contributed by atoms with Gasteiger partial charge in [-0.05, 0) is 52.4 Å². The van der Waals surface area contributed by atoms with E-state index in [0.29, 0.717) is 12.2 Å². The first-order valence-corrected chi connectivity index (χ1v) is 10.1. The lowest BCUT2D eigenvalue weighted by molar-refractivity contribution is -0.134. The number of furan rings is 1. The molecule has 1 aromatic heterocycles. The van der Waals surface area contributed by atoms with Gasteiger partial charge in [0.25, 0.3) is 5.91 Å². The Morgan fingerprint density at radius 3 is 2.50 bits per heavy atom. The summed E-state index contributed by atoms with van der Waals surface area (Å²) in [4.78, 5) is 26.9. The number of hydrazone groups is 1. The smallest absolute Gasteiger partial charge is 0.257 e. The number of carbonyl (C=O) groups is 2. The largest absolute Gasteiger partial charge is 0.467 e. The van der Waals surface area contributed by atoms with Crippen LogP contribution in [0.15, 0.2) is 52.2 Å². The highest BCUT2D eigenvalue weighted by Gasteiger charge is 2.35. The summed E-state index contributed by atoms with van der Waals surface area (Å²) in [7, 11) is 1.75. The molecule has 0 aliphatic carbocycles. The van der Waals surface area contributed by atoms with Crippen LogP contribution >= 0.6 is 0 Å². The Bertz CT molecular complexity index is 911. The summed E-state index contributed by atoms with van der Waals surface area (Å²) in [6.07, 6.45) is 2.18. The summed E-state index contributed by atoms with van der Waals surface area (Å²) in [5, 5.41) is 9.03. The minimum absolute atomic E-state index is 0.0828. The Kier molecular flexibility index (Phi) is 6.41. The lowest BCUT2D eigenvalue weighted by Gasteiger charge is -2.25. The number of hydrogen-bond acceptors (Lipinski definition) is 5. The van der Waals surface area contributed by atoms with Gasteiger partial charge in [-0.3, -0.25) is 14.5 Å². The van der Waals surface area contributed by atoms with Crippen molar-refractivity contribution in [1.82, 2.24) is 15.2 Å². The lowest BCUT2D eigenvalue weighted by atomic mass is 10.0. The van der Waals surface area contributed by atoms with E-state index in [4.69, 9.17) is 4.42 Å². The Hall–Kier alpha value is -2.93. The van der Waals surface area contributed by atoms with Crippen molar-refractivity contribution in [3.8, 4) is 0 Å². The van der Waals surface area contributed by atoms with Crippen LogP contribution in [0, 0.1) is 6.92 Å². The van der Waals surface area contributed by atoms with Gasteiger partial charge >= 0.3 is 0 Å². The molecule has 1 aliphatic heterocycles. The predicted octanol–water partition coefficient (Wildman–Crippen LogP) is 3.11. The molecule has 3 rings (SSSR count). The van der Waals surface area contributed by atoms with Gasteiger partial charge in [-0.2, -0.15) is 5.10 Å². The molecule has 160 valence electrons. The second kappa shape index (κ2) is 8.83. The minimum atomic E-state index is -0.311. The molecule has 2 heterocycles. The first-order valence-electron chi connectivity index (χ1n) is 10.1. The van der Waals surface area contributed by atoms with E-state index in [-0.39, 0.29) is 36.5 Å². The summed E-state index contributed by atoms with van der Waals surface area (Å²) in [6, 6.07) is 11.5. The molecule has 7 heteroatoms. The molecule has 1 aliphatic rings. The summed E-state index contributed by atoms with van der Waals surface area (Å²) in [5.41, 5.74) is 2.69. The fourth-order valence-electron chi connectivity index (χ4n) is 3.43. The predicted molar refractivity (Wildman–Crippen MR) is 116 cm³/mol. The standard InChI is InChI=1S/C23H30N4O3/c1-16-8-10-17(11-9-16)18-13-19(20-7-6-12-30-20)27(25-18)22(29)15-26(5)14-21(28)24-23(2,3)4/h6-12,19H,13-15H2,1-5H3,(H,24,28)/t19-/m1/s1. The summed E-state index contributed by atoms with van der Waals surface area (Å²) in [6.45, 7) is 8.03. The van der Waals surface area contributed by atoms with Gasteiger partial charge in [0.05, 0.1) is 25.1 Å². The molecule has 0 saturated heterocycles. The first-order chi connectivity index (χ1) is 14.1. The van der Waals surface area contributed by atoms with Crippen LogP contribution < -0.4 is 5.32 Å². The van der Waals surface area contributed by atoms with Gasteiger partial charge in [0.15, 0.2) is 0 Å². The maximum atomic E-state index is 13.1. The molecule has 0 spiro atoms. The Labute approximate surface area is 177 Å². The van der Waals surface area contributed by atoms with Gasteiger partial charge in [0.2, 0.25) is 5.91 Å². The van der Waals surface area contributed by atoms with Crippen molar-refractivity contribution in [2.24, 2.45) is 5.10 Å². The van der Waals surface area contributed by atoms with Crippen LogP contribution in [0.4, 0.5) is 0 Å². The van der Waals surface area contributed by atoms with Crippen molar-refractivity contribution in [2.75, 3.05) is 20.1 Å². The van der Waals surface area contributed by atoms with Gasteiger partial charge in [0, 0.05) is 12.0 Å². The molecular weight excluding hydrogens is 380 g/mol. The van der Waals surface area contributed by atoms with E-state index < -0.39 is 0 Å². The van der Waals surface area contributed by atoms with Crippen LogP contribution in [0.25, 0.3) is 0 Å². The van der Waals surface area contributed by atoms with E-state index in [9.17, 15) is 9.59 Å². The van der Waals surface area contributed by atoms with Gasteiger partial charge in [-0.1, -0.05) is 29.8 Å². The van der Waals surface area contributed by atoms with Crippen LogP contribution in [0.3, 0.4) is 0 Å². The van der Waals surface area contributed by atoms with Crippen LogP contribution in [-0.4, -0.2) is 53.1 Å². The molecule has 0 unspecified atom stereocenters. The van der Waals surface area contributed by atoms with Crippen LogP contribution in [0.1, 0.15) is 50.1 Å². The van der Waals surface area contributed by atoms with Crippen molar-refractivity contribution in [3.63, 3.8) is 0 Å². The van der Waals surface area contributed by atoms with Crippen LogP contribution in [-0.2, 0) is 9.59 Å². The molecule has 0 bridgehead atoms. The van der Waals surface area contributed by atoms with E-state index in [1.165, 1.54) is 10.6 Å². The first kappa shape index (κ1) is 21.8. The maximum Gasteiger partial charge on any atom is 0.257 e. The molecule has 1 aromatic carbocycles. The number of hydrogen-bond donors (Lipinski definition) is 1. The quantitative estimate of drug-likeness (QED) is 0.794. The monoisotopic (exact) mass is 410 g/mol. The van der Waals surface area contributed by atoms with Crippen molar-refractivity contribution in [1.29, 1.82) is 0 Å². The zero-order valence-corrected chi connectivity index (χ0v) is 18.3.